The van der Waals surface area contributed by atoms with E-state index in [2.05, 4.69) is 10.0 Å². The third kappa shape index (κ3) is 5.56. The third-order valence-electron chi connectivity index (χ3n) is 4.32. The Kier molecular flexibility index (Phi) is 6.01. The Morgan fingerprint density at radius 2 is 2.05 bits per heavy atom. The van der Waals surface area contributed by atoms with Crippen molar-refractivity contribution in [1.29, 1.82) is 0 Å². The van der Waals surface area contributed by atoms with Gasteiger partial charge in [0.2, 0.25) is 15.9 Å². The standard InChI is InChI=1S/C14H27N3O3S/c1-21(19,20)16-10-12-6-5-9-17(11-12)14(18)13-7-3-2-4-8-15-13/h12-13,15-16H,2-11H2,1H3. The lowest BCUT2D eigenvalue weighted by Crippen LogP contribution is -2.50. The summed E-state index contributed by atoms with van der Waals surface area (Å²) in [7, 11) is -3.15. The first-order valence-corrected chi connectivity index (χ1v) is 9.81. The summed E-state index contributed by atoms with van der Waals surface area (Å²) >= 11 is 0. The Morgan fingerprint density at radius 3 is 2.81 bits per heavy atom. The van der Waals surface area contributed by atoms with Crippen LogP contribution in [0.3, 0.4) is 0 Å². The summed E-state index contributed by atoms with van der Waals surface area (Å²) in [6, 6.07) is -0.0471. The van der Waals surface area contributed by atoms with Crippen molar-refractivity contribution < 1.29 is 13.2 Å². The molecule has 2 saturated heterocycles. The van der Waals surface area contributed by atoms with Crippen molar-refractivity contribution in [1.82, 2.24) is 14.9 Å². The summed E-state index contributed by atoms with van der Waals surface area (Å²) in [5.41, 5.74) is 0. The van der Waals surface area contributed by atoms with Gasteiger partial charge in [0.1, 0.15) is 0 Å². The molecule has 0 bridgehead atoms. The predicted octanol–water partition coefficient (Wildman–Crippen LogP) is 0.306. The number of rotatable bonds is 4. The van der Waals surface area contributed by atoms with Gasteiger partial charge < -0.3 is 10.2 Å². The van der Waals surface area contributed by atoms with Crippen LogP contribution in [0.1, 0.15) is 38.5 Å². The highest BCUT2D eigenvalue weighted by Gasteiger charge is 2.29. The van der Waals surface area contributed by atoms with Crippen LogP contribution in [0.4, 0.5) is 0 Å². The van der Waals surface area contributed by atoms with Gasteiger partial charge in [0, 0.05) is 19.6 Å². The Balaban J connectivity index is 1.86. The van der Waals surface area contributed by atoms with Crippen LogP contribution in [0.25, 0.3) is 0 Å². The van der Waals surface area contributed by atoms with Crippen molar-refractivity contribution in [2.75, 3.05) is 32.4 Å². The molecule has 2 fully saturated rings. The van der Waals surface area contributed by atoms with Gasteiger partial charge in [0.25, 0.3) is 0 Å². The van der Waals surface area contributed by atoms with Crippen LogP contribution in [-0.2, 0) is 14.8 Å². The number of nitrogens with one attached hydrogen (secondary N) is 2. The summed E-state index contributed by atoms with van der Waals surface area (Å²) in [4.78, 5) is 14.5. The number of carbonyl (C=O) groups is 1. The van der Waals surface area contributed by atoms with E-state index in [9.17, 15) is 13.2 Å². The van der Waals surface area contributed by atoms with Gasteiger partial charge in [-0.1, -0.05) is 12.8 Å². The monoisotopic (exact) mass is 317 g/mol. The second-order valence-electron chi connectivity index (χ2n) is 6.27. The van der Waals surface area contributed by atoms with Crippen molar-refractivity contribution in [2.24, 2.45) is 5.92 Å². The molecule has 2 unspecified atom stereocenters. The van der Waals surface area contributed by atoms with Crippen molar-refractivity contribution >= 4 is 15.9 Å². The maximum Gasteiger partial charge on any atom is 0.239 e. The quantitative estimate of drug-likeness (QED) is 0.782. The highest BCUT2D eigenvalue weighted by atomic mass is 32.2. The van der Waals surface area contributed by atoms with Gasteiger partial charge in [-0.2, -0.15) is 0 Å². The molecule has 2 aliphatic heterocycles. The lowest BCUT2D eigenvalue weighted by atomic mass is 9.97. The van der Waals surface area contributed by atoms with Gasteiger partial charge in [0.05, 0.1) is 12.3 Å². The molecule has 7 heteroatoms. The van der Waals surface area contributed by atoms with E-state index in [1.807, 2.05) is 4.90 Å². The molecule has 1 amide bonds. The number of carbonyl (C=O) groups excluding carboxylic acids is 1. The fraction of sp³-hybridized carbons (Fsp3) is 0.929. The molecular weight excluding hydrogens is 290 g/mol. The molecule has 0 radical (unpaired) electrons. The summed E-state index contributed by atoms with van der Waals surface area (Å²) in [6.45, 7) is 2.82. The van der Waals surface area contributed by atoms with E-state index in [1.165, 1.54) is 12.7 Å². The van der Waals surface area contributed by atoms with Crippen LogP contribution < -0.4 is 10.0 Å². The Bertz CT molecular complexity index is 444. The van der Waals surface area contributed by atoms with Crippen molar-refractivity contribution in [3.63, 3.8) is 0 Å². The highest BCUT2D eigenvalue weighted by Crippen LogP contribution is 2.19. The summed E-state index contributed by atoms with van der Waals surface area (Å²) < 4.78 is 24.9. The Hall–Kier alpha value is -0.660. The fourth-order valence-corrected chi connectivity index (χ4v) is 3.70. The number of likely N-dealkylation sites (tertiary alicyclic amines) is 1. The van der Waals surface area contributed by atoms with E-state index in [0.717, 1.165) is 45.2 Å². The first kappa shape index (κ1) is 16.7. The highest BCUT2D eigenvalue weighted by molar-refractivity contribution is 7.88. The average molecular weight is 317 g/mol. The minimum absolute atomic E-state index is 0.0471. The van der Waals surface area contributed by atoms with Crippen LogP contribution >= 0.6 is 0 Å². The minimum Gasteiger partial charge on any atom is -0.341 e. The molecule has 0 saturated carbocycles. The molecule has 2 rings (SSSR count). The number of amides is 1. The number of nitrogens with zero attached hydrogens (tertiary/aromatic N) is 1. The summed E-state index contributed by atoms with van der Waals surface area (Å²) in [5.74, 6) is 0.421. The molecule has 2 heterocycles. The summed E-state index contributed by atoms with van der Waals surface area (Å²) in [5, 5.41) is 3.35. The fourth-order valence-electron chi connectivity index (χ4n) is 3.16. The van der Waals surface area contributed by atoms with Crippen LogP contribution in [0.2, 0.25) is 0 Å². The number of hydrogen-bond acceptors (Lipinski definition) is 4. The summed E-state index contributed by atoms with van der Waals surface area (Å²) in [6.07, 6.45) is 7.47. The van der Waals surface area contributed by atoms with Gasteiger partial charge in [-0.3, -0.25) is 4.79 Å². The zero-order chi connectivity index (χ0) is 15.3. The van der Waals surface area contributed by atoms with Crippen molar-refractivity contribution in [3.05, 3.63) is 0 Å². The van der Waals surface area contributed by atoms with Crippen LogP contribution in [0.15, 0.2) is 0 Å². The second kappa shape index (κ2) is 7.56. The minimum atomic E-state index is -3.15. The molecule has 21 heavy (non-hydrogen) atoms. The average Bonchev–Trinajstić information content (AvgIpc) is 2.73. The molecule has 0 aromatic heterocycles. The molecule has 2 atom stereocenters. The molecule has 6 nitrogen and oxygen atoms in total. The van der Waals surface area contributed by atoms with Crippen LogP contribution in [0, 0.1) is 5.92 Å². The van der Waals surface area contributed by atoms with E-state index >= 15 is 0 Å². The largest absolute Gasteiger partial charge is 0.341 e. The Morgan fingerprint density at radius 1 is 1.24 bits per heavy atom. The lowest BCUT2D eigenvalue weighted by Gasteiger charge is -2.35. The number of sulfonamides is 1. The topological polar surface area (TPSA) is 78.5 Å². The van der Waals surface area contributed by atoms with Gasteiger partial charge in [-0.15, -0.1) is 0 Å². The van der Waals surface area contributed by atoms with E-state index < -0.39 is 10.0 Å². The zero-order valence-electron chi connectivity index (χ0n) is 12.8. The third-order valence-corrected chi connectivity index (χ3v) is 5.01. The zero-order valence-corrected chi connectivity index (χ0v) is 13.6. The van der Waals surface area contributed by atoms with Gasteiger partial charge >= 0.3 is 0 Å². The maximum atomic E-state index is 12.6. The molecule has 0 spiro atoms. The van der Waals surface area contributed by atoms with Crippen LogP contribution in [0.5, 0.6) is 0 Å². The number of piperidine rings is 1. The van der Waals surface area contributed by atoms with E-state index in [1.54, 1.807) is 0 Å². The van der Waals surface area contributed by atoms with Gasteiger partial charge in [0.15, 0.2) is 0 Å². The van der Waals surface area contributed by atoms with E-state index in [0.29, 0.717) is 13.1 Å². The molecule has 0 aromatic rings. The van der Waals surface area contributed by atoms with Gasteiger partial charge in [-0.25, -0.2) is 13.1 Å². The molecule has 0 aromatic carbocycles. The van der Waals surface area contributed by atoms with E-state index in [-0.39, 0.29) is 17.9 Å². The first-order valence-electron chi connectivity index (χ1n) is 7.92. The SMILES string of the molecule is CS(=O)(=O)NCC1CCCN(C(=O)C2CCCCCN2)C1. The Labute approximate surface area is 127 Å². The predicted molar refractivity (Wildman–Crippen MR) is 82.4 cm³/mol. The molecular formula is C14H27N3O3S. The van der Waals surface area contributed by atoms with Crippen molar-refractivity contribution in [2.45, 2.75) is 44.6 Å². The molecule has 122 valence electrons. The number of hydrogen-bond donors (Lipinski definition) is 2. The molecule has 2 aliphatic rings. The second-order valence-corrected chi connectivity index (χ2v) is 8.10. The first-order chi connectivity index (χ1) is 9.96. The van der Waals surface area contributed by atoms with Crippen LogP contribution in [-0.4, -0.2) is 57.7 Å². The van der Waals surface area contributed by atoms with Crippen molar-refractivity contribution in [3.8, 4) is 0 Å². The van der Waals surface area contributed by atoms with Gasteiger partial charge in [-0.05, 0) is 38.1 Å². The molecule has 2 N–H and O–H groups in total. The smallest absolute Gasteiger partial charge is 0.239 e. The lowest BCUT2D eigenvalue weighted by molar-refractivity contribution is -0.135. The molecule has 0 aliphatic carbocycles. The maximum absolute atomic E-state index is 12.6. The normalized spacial score (nSPS) is 28.1. The van der Waals surface area contributed by atoms with E-state index in [4.69, 9.17) is 0 Å².